The number of aryl methyl sites for hydroxylation is 1. The third-order valence-corrected chi connectivity index (χ3v) is 3.41. The smallest absolute Gasteiger partial charge is 0.262 e. The maximum Gasteiger partial charge on any atom is 0.262 e. The molecule has 0 spiro atoms. The van der Waals surface area contributed by atoms with Crippen LogP contribution in [0.1, 0.15) is 37.3 Å². The number of carbonyl (C=O) groups is 1. The van der Waals surface area contributed by atoms with Gasteiger partial charge in [0, 0.05) is 18.2 Å². The van der Waals surface area contributed by atoms with Crippen LogP contribution in [-0.2, 0) is 4.79 Å². The van der Waals surface area contributed by atoms with E-state index >= 15 is 0 Å². The van der Waals surface area contributed by atoms with Crippen LogP contribution in [0.4, 0.5) is 0 Å². The minimum absolute atomic E-state index is 0.286. The van der Waals surface area contributed by atoms with Gasteiger partial charge < -0.3 is 10.1 Å². The summed E-state index contributed by atoms with van der Waals surface area (Å²) in [4.78, 5) is 11.8. The zero-order valence-corrected chi connectivity index (χ0v) is 14.8. The molecule has 0 aliphatic carbocycles. The van der Waals surface area contributed by atoms with Gasteiger partial charge in [0.25, 0.3) is 5.91 Å². The number of hydrazine groups is 1. The van der Waals surface area contributed by atoms with Crippen LogP contribution in [0.5, 0.6) is 5.75 Å². The number of ether oxygens (including phenoxy) is 1. The third-order valence-electron chi connectivity index (χ3n) is 3.16. The molecular weight excluding hydrogens is 310 g/mol. The molecule has 0 saturated heterocycles. The number of rotatable bonds is 7. The lowest BCUT2D eigenvalue weighted by Crippen LogP contribution is -2.46. The van der Waals surface area contributed by atoms with E-state index in [1.54, 1.807) is 13.2 Å². The second kappa shape index (κ2) is 10.6. The zero-order chi connectivity index (χ0) is 17.1. The average Bonchev–Trinajstić information content (AvgIpc) is 2.55. The summed E-state index contributed by atoms with van der Waals surface area (Å²) in [5, 5.41) is 3.45. The Morgan fingerprint density at radius 2 is 2.09 bits per heavy atom. The number of hydrogen-bond donors (Lipinski definition) is 3. The summed E-state index contributed by atoms with van der Waals surface area (Å²) in [6.45, 7) is 4.93. The third kappa shape index (κ3) is 7.65. The van der Waals surface area contributed by atoms with Crippen LogP contribution in [0, 0.1) is 6.92 Å². The number of benzene rings is 1. The largest absolute Gasteiger partial charge is 0.496 e. The first kappa shape index (κ1) is 19.0. The van der Waals surface area contributed by atoms with Crippen LogP contribution >= 0.6 is 12.2 Å². The van der Waals surface area contributed by atoms with Gasteiger partial charge in [-0.3, -0.25) is 15.6 Å². The van der Waals surface area contributed by atoms with Gasteiger partial charge in [-0.15, -0.1) is 0 Å². The van der Waals surface area contributed by atoms with Gasteiger partial charge in [-0.2, -0.15) is 0 Å². The molecule has 0 heterocycles. The Balaban J connectivity index is 2.41. The summed E-state index contributed by atoms with van der Waals surface area (Å²) < 4.78 is 5.27. The van der Waals surface area contributed by atoms with Gasteiger partial charge in [0.2, 0.25) is 0 Å². The summed E-state index contributed by atoms with van der Waals surface area (Å²) >= 11 is 5.08. The van der Waals surface area contributed by atoms with Crippen LogP contribution < -0.4 is 20.9 Å². The van der Waals surface area contributed by atoms with Crippen molar-refractivity contribution in [3.05, 3.63) is 35.4 Å². The summed E-state index contributed by atoms with van der Waals surface area (Å²) in [7, 11) is 1.60. The fraction of sp³-hybridized carbons (Fsp3) is 0.412. The summed E-state index contributed by atoms with van der Waals surface area (Å²) in [5.74, 6) is 0.437. The van der Waals surface area contributed by atoms with Crippen molar-refractivity contribution in [2.75, 3.05) is 13.7 Å². The molecular formula is C17H25N3O2S. The standard InChI is InChI=1S/C17H25N3O2S/c1-4-5-6-11-18-17(23)20-19-16(21)10-8-14-12-13(2)7-9-15(14)22-3/h7-10,12H,4-6,11H2,1-3H3,(H,19,21)(H2,18,20,23)/b10-8+. The summed E-state index contributed by atoms with van der Waals surface area (Å²) in [6.07, 6.45) is 6.51. The summed E-state index contributed by atoms with van der Waals surface area (Å²) in [6, 6.07) is 5.79. The van der Waals surface area contributed by atoms with E-state index in [0.29, 0.717) is 5.11 Å². The van der Waals surface area contributed by atoms with Crippen LogP contribution in [0.15, 0.2) is 24.3 Å². The predicted molar refractivity (Wildman–Crippen MR) is 98.2 cm³/mol. The van der Waals surface area contributed by atoms with Gasteiger partial charge in [-0.05, 0) is 43.8 Å². The Bertz CT molecular complexity index is 559. The molecule has 0 saturated carbocycles. The van der Waals surface area contributed by atoms with Crippen LogP contribution in [0.2, 0.25) is 0 Å². The molecule has 1 rings (SSSR count). The van der Waals surface area contributed by atoms with E-state index in [0.717, 1.165) is 42.7 Å². The molecule has 0 bridgehead atoms. The molecule has 126 valence electrons. The number of nitrogens with one attached hydrogen (secondary N) is 3. The van der Waals surface area contributed by atoms with E-state index in [1.807, 2.05) is 25.1 Å². The summed E-state index contributed by atoms with van der Waals surface area (Å²) in [5.41, 5.74) is 7.15. The topological polar surface area (TPSA) is 62.4 Å². The van der Waals surface area contributed by atoms with Crippen molar-refractivity contribution in [2.45, 2.75) is 33.1 Å². The Labute approximate surface area is 143 Å². The van der Waals surface area contributed by atoms with Crippen molar-refractivity contribution >= 4 is 29.3 Å². The van der Waals surface area contributed by atoms with E-state index < -0.39 is 0 Å². The number of hydrogen-bond acceptors (Lipinski definition) is 3. The lowest BCUT2D eigenvalue weighted by Gasteiger charge is -2.10. The van der Waals surface area contributed by atoms with Crippen molar-refractivity contribution < 1.29 is 9.53 Å². The van der Waals surface area contributed by atoms with Crippen LogP contribution in [0.3, 0.4) is 0 Å². The lowest BCUT2D eigenvalue weighted by molar-refractivity contribution is -0.116. The van der Waals surface area contributed by atoms with Gasteiger partial charge in [0.1, 0.15) is 5.75 Å². The average molecular weight is 335 g/mol. The number of methoxy groups -OCH3 is 1. The molecule has 0 atom stereocenters. The maximum atomic E-state index is 11.8. The molecule has 3 N–H and O–H groups in total. The fourth-order valence-corrected chi connectivity index (χ4v) is 2.08. The van der Waals surface area contributed by atoms with Gasteiger partial charge >= 0.3 is 0 Å². The van der Waals surface area contributed by atoms with Crippen molar-refractivity contribution in [2.24, 2.45) is 0 Å². The molecule has 0 aromatic heterocycles. The normalized spacial score (nSPS) is 10.4. The highest BCUT2D eigenvalue weighted by atomic mass is 32.1. The first-order chi connectivity index (χ1) is 11.1. The van der Waals surface area contributed by atoms with E-state index in [1.165, 1.54) is 6.08 Å². The van der Waals surface area contributed by atoms with Crippen molar-refractivity contribution in [1.82, 2.24) is 16.2 Å². The number of carbonyl (C=O) groups excluding carboxylic acids is 1. The first-order valence-corrected chi connectivity index (χ1v) is 8.14. The second-order valence-corrected chi connectivity index (χ2v) is 5.56. The Kier molecular flexibility index (Phi) is 8.75. The van der Waals surface area contributed by atoms with Crippen molar-refractivity contribution in [3.63, 3.8) is 0 Å². The van der Waals surface area contributed by atoms with Gasteiger partial charge in [-0.1, -0.05) is 31.4 Å². The van der Waals surface area contributed by atoms with E-state index in [4.69, 9.17) is 17.0 Å². The first-order valence-electron chi connectivity index (χ1n) is 7.73. The molecule has 6 heteroatoms. The van der Waals surface area contributed by atoms with Gasteiger partial charge in [0.15, 0.2) is 5.11 Å². The second-order valence-electron chi connectivity index (χ2n) is 5.16. The van der Waals surface area contributed by atoms with Crippen molar-refractivity contribution in [3.8, 4) is 5.75 Å². The Morgan fingerprint density at radius 1 is 1.30 bits per heavy atom. The van der Waals surface area contributed by atoms with Crippen LogP contribution in [-0.4, -0.2) is 24.7 Å². The minimum atomic E-state index is -0.286. The van der Waals surface area contributed by atoms with E-state index in [-0.39, 0.29) is 5.91 Å². The number of amides is 1. The molecule has 0 aliphatic rings. The van der Waals surface area contributed by atoms with Gasteiger partial charge in [-0.25, -0.2) is 0 Å². The van der Waals surface area contributed by atoms with Crippen molar-refractivity contribution in [1.29, 1.82) is 0 Å². The van der Waals surface area contributed by atoms with Crippen LogP contribution in [0.25, 0.3) is 6.08 Å². The molecule has 1 amide bonds. The zero-order valence-electron chi connectivity index (χ0n) is 13.9. The minimum Gasteiger partial charge on any atom is -0.496 e. The van der Waals surface area contributed by atoms with Gasteiger partial charge in [0.05, 0.1) is 7.11 Å². The van der Waals surface area contributed by atoms with E-state index in [2.05, 4.69) is 23.1 Å². The molecule has 1 aromatic carbocycles. The molecule has 0 fully saturated rings. The molecule has 0 radical (unpaired) electrons. The molecule has 23 heavy (non-hydrogen) atoms. The molecule has 0 unspecified atom stereocenters. The number of thiocarbonyl (C=S) groups is 1. The maximum absolute atomic E-state index is 11.8. The monoisotopic (exact) mass is 335 g/mol. The highest BCUT2D eigenvalue weighted by molar-refractivity contribution is 7.80. The molecule has 0 aliphatic heterocycles. The quantitative estimate of drug-likeness (QED) is 0.309. The highest BCUT2D eigenvalue weighted by Crippen LogP contribution is 2.20. The molecule has 1 aromatic rings. The molecule has 5 nitrogen and oxygen atoms in total. The Morgan fingerprint density at radius 3 is 2.78 bits per heavy atom. The Hall–Kier alpha value is -2.08. The fourth-order valence-electron chi connectivity index (χ4n) is 1.93. The number of unbranched alkanes of at least 4 members (excludes halogenated alkanes) is 2. The lowest BCUT2D eigenvalue weighted by atomic mass is 10.1. The predicted octanol–water partition coefficient (Wildman–Crippen LogP) is 2.70. The van der Waals surface area contributed by atoms with E-state index in [9.17, 15) is 4.79 Å². The highest BCUT2D eigenvalue weighted by Gasteiger charge is 2.01. The SMILES string of the molecule is CCCCCNC(=S)NNC(=O)/C=C/c1cc(C)ccc1OC.